The molecule has 4 unspecified atom stereocenters. The molecule has 0 radical (unpaired) electrons. The Morgan fingerprint density at radius 2 is 0.594 bits per heavy atom. The van der Waals surface area contributed by atoms with Crippen molar-refractivity contribution in [3.05, 3.63) is 24.3 Å². The highest BCUT2D eigenvalue weighted by atomic mass is 16.3. The molecular formula is C63H123NO5. The number of rotatable bonds is 58. The molecule has 1 amide bonds. The normalized spacial score (nSPS) is 13.8. The van der Waals surface area contributed by atoms with Crippen LogP contribution in [0.15, 0.2) is 24.3 Å². The van der Waals surface area contributed by atoms with E-state index in [1.54, 1.807) is 0 Å². The van der Waals surface area contributed by atoms with E-state index in [-0.39, 0.29) is 0 Å². The zero-order valence-electron chi connectivity index (χ0n) is 46.6. The molecule has 0 bridgehead atoms. The fraction of sp³-hybridized carbons (Fsp3) is 0.921. The number of unbranched alkanes of at least 4 members (excludes halogenated alkanes) is 45. The van der Waals surface area contributed by atoms with Crippen molar-refractivity contribution in [3.8, 4) is 0 Å². The van der Waals surface area contributed by atoms with Gasteiger partial charge in [-0.3, -0.25) is 4.79 Å². The molecule has 0 aliphatic heterocycles. The van der Waals surface area contributed by atoms with Gasteiger partial charge in [-0.1, -0.05) is 301 Å². The molecule has 0 rings (SSSR count). The summed E-state index contributed by atoms with van der Waals surface area (Å²) < 4.78 is 0. The lowest BCUT2D eigenvalue weighted by molar-refractivity contribution is -0.132. The Labute approximate surface area is 431 Å². The summed E-state index contributed by atoms with van der Waals surface area (Å²) in [6, 6.07) is -1.00. The van der Waals surface area contributed by atoms with Crippen molar-refractivity contribution in [1.29, 1.82) is 0 Å². The summed E-state index contributed by atoms with van der Waals surface area (Å²) in [5.41, 5.74) is 0. The minimum Gasteiger partial charge on any atom is -0.394 e. The smallest absolute Gasteiger partial charge is 0.249 e. The van der Waals surface area contributed by atoms with Gasteiger partial charge < -0.3 is 25.7 Å². The number of aliphatic hydroxyl groups excluding tert-OH is 4. The number of aliphatic hydroxyl groups is 4. The van der Waals surface area contributed by atoms with Crippen LogP contribution in [0.3, 0.4) is 0 Å². The summed E-state index contributed by atoms with van der Waals surface area (Å²) in [4.78, 5) is 12.6. The van der Waals surface area contributed by atoms with Crippen molar-refractivity contribution < 1.29 is 25.2 Å². The van der Waals surface area contributed by atoms with Crippen molar-refractivity contribution in [3.63, 3.8) is 0 Å². The molecule has 410 valence electrons. The second kappa shape index (κ2) is 57.7. The molecule has 5 N–H and O–H groups in total. The van der Waals surface area contributed by atoms with E-state index in [4.69, 9.17) is 0 Å². The van der Waals surface area contributed by atoms with Crippen molar-refractivity contribution in [2.45, 2.75) is 366 Å². The van der Waals surface area contributed by atoms with Gasteiger partial charge in [0.05, 0.1) is 18.8 Å². The van der Waals surface area contributed by atoms with Crippen LogP contribution >= 0.6 is 0 Å². The van der Waals surface area contributed by atoms with Crippen LogP contribution in [-0.4, -0.2) is 57.3 Å². The second-order valence-electron chi connectivity index (χ2n) is 21.7. The first-order valence-corrected chi connectivity index (χ1v) is 31.2. The summed E-state index contributed by atoms with van der Waals surface area (Å²) in [7, 11) is 0. The number of carbonyl (C=O) groups is 1. The predicted octanol–water partition coefficient (Wildman–Crippen LogP) is 18.6. The molecule has 0 spiro atoms. The zero-order chi connectivity index (χ0) is 50.2. The Morgan fingerprint density at radius 3 is 0.870 bits per heavy atom. The third kappa shape index (κ3) is 51.5. The lowest BCUT2D eigenvalue weighted by Crippen LogP contribution is -2.53. The fourth-order valence-electron chi connectivity index (χ4n) is 9.99. The van der Waals surface area contributed by atoms with Gasteiger partial charge in [-0.2, -0.15) is 0 Å². The Balaban J connectivity index is 3.60. The van der Waals surface area contributed by atoms with E-state index in [0.717, 1.165) is 38.5 Å². The van der Waals surface area contributed by atoms with Gasteiger partial charge in [-0.05, 0) is 64.2 Å². The molecule has 0 aromatic heterocycles. The van der Waals surface area contributed by atoms with Crippen LogP contribution in [-0.2, 0) is 4.79 Å². The molecule has 0 saturated carbocycles. The van der Waals surface area contributed by atoms with Gasteiger partial charge in [0.1, 0.15) is 12.2 Å². The van der Waals surface area contributed by atoms with Crippen molar-refractivity contribution in [1.82, 2.24) is 5.32 Å². The van der Waals surface area contributed by atoms with Crippen molar-refractivity contribution >= 4 is 5.91 Å². The maximum absolute atomic E-state index is 12.6. The highest BCUT2D eigenvalue weighted by Gasteiger charge is 2.28. The third-order valence-electron chi connectivity index (χ3n) is 14.9. The topological polar surface area (TPSA) is 110 Å². The summed E-state index contributed by atoms with van der Waals surface area (Å²) >= 11 is 0. The summed E-state index contributed by atoms with van der Waals surface area (Å²) in [6.45, 7) is 4.09. The van der Waals surface area contributed by atoms with Gasteiger partial charge in [0.2, 0.25) is 5.91 Å². The van der Waals surface area contributed by atoms with Crippen LogP contribution in [0.5, 0.6) is 0 Å². The first-order chi connectivity index (χ1) is 34.0. The lowest BCUT2D eigenvalue weighted by Gasteiger charge is -2.27. The minimum atomic E-state index is -1.28. The predicted molar refractivity (Wildman–Crippen MR) is 302 cm³/mol. The van der Waals surface area contributed by atoms with E-state index in [2.05, 4.69) is 43.5 Å². The summed E-state index contributed by atoms with van der Waals surface area (Å²) in [5, 5.41) is 44.1. The number of hydrogen-bond donors (Lipinski definition) is 5. The molecular weight excluding hydrogens is 851 g/mol. The number of carbonyl (C=O) groups excluding carboxylic acids is 1. The minimum absolute atomic E-state index is 0.366. The highest BCUT2D eigenvalue weighted by molar-refractivity contribution is 5.80. The molecule has 0 aromatic carbocycles. The molecule has 0 aliphatic rings. The van der Waals surface area contributed by atoms with Crippen molar-refractivity contribution in [2.24, 2.45) is 0 Å². The molecule has 0 aromatic rings. The Bertz CT molecular complexity index is 1050. The number of amides is 1. The van der Waals surface area contributed by atoms with Gasteiger partial charge in [-0.25, -0.2) is 0 Å². The van der Waals surface area contributed by atoms with E-state index < -0.39 is 36.9 Å². The standard InChI is InChI=1S/C63H123NO5/c1-3-5-7-9-11-13-15-17-19-21-23-25-27-28-29-30-31-32-33-35-37-39-41-43-45-47-49-51-53-55-57-61(67)63(69)64-59(58-65)62(68)60(66)56-54-52-50-48-46-44-42-40-38-36-34-26-24-22-20-18-16-14-12-10-8-6-4-2/h28-29,48,50,59-62,65-68H,3-27,30-47,49,51-58H2,1-2H3,(H,64,69)/b29-28-,50-48+. The van der Waals surface area contributed by atoms with E-state index >= 15 is 0 Å². The van der Waals surface area contributed by atoms with Crippen LogP contribution in [0.25, 0.3) is 0 Å². The van der Waals surface area contributed by atoms with E-state index in [1.165, 1.54) is 276 Å². The second-order valence-corrected chi connectivity index (χ2v) is 21.7. The van der Waals surface area contributed by atoms with Gasteiger partial charge in [0.25, 0.3) is 0 Å². The average molecular weight is 975 g/mol. The fourth-order valence-corrected chi connectivity index (χ4v) is 9.99. The molecule has 4 atom stereocenters. The molecule has 0 heterocycles. The maximum Gasteiger partial charge on any atom is 0.249 e. The van der Waals surface area contributed by atoms with Crippen LogP contribution in [0.1, 0.15) is 341 Å². The zero-order valence-corrected chi connectivity index (χ0v) is 46.6. The highest BCUT2D eigenvalue weighted by Crippen LogP contribution is 2.18. The molecule has 6 heteroatoms. The molecule has 0 aliphatic carbocycles. The number of allylic oxidation sites excluding steroid dienone is 4. The van der Waals surface area contributed by atoms with Crippen LogP contribution in [0, 0.1) is 0 Å². The van der Waals surface area contributed by atoms with Gasteiger partial charge in [0, 0.05) is 0 Å². The van der Waals surface area contributed by atoms with E-state index in [9.17, 15) is 25.2 Å². The van der Waals surface area contributed by atoms with Crippen LogP contribution in [0.4, 0.5) is 0 Å². The van der Waals surface area contributed by atoms with Gasteiger partial charge in [0.15, 0.2) is 0 Å². The quantitative estimate of drug-likeness (QED) is 0.0308. The largest absolute Gasteiger partial charge is 0.394 e. The first kappa shape index (κ1) is 67.8. The molecule has 0 fully saturated rings. The molecule has 0 saturated heterocycles. The molecule has 6 nitrogen and oxygen atoms in total. The average Bonchev–Trinajstić information content (AvgIpc) is 3.35. The van der Waals surface area contributed by atoms with Gasteiger partial charge >= 0.3 is 0 Å². The third-order valence-corrected chi connectivity index (χ3v) is 14.9. The Hall–Kier alpha value is -1.21. The summed E-state index contributed by atoms with van der Waals surface area (Å²) in [5.74, 6) is -0.588. The van der Waals surface area contributed by atoms with Crippen LogP contribution < -0.4 is 5.32 Å². The number of hydrogen-bond acceptors (Lipinski definition) is 5. The van der Waals surface area contributed by atoms with Crippen LogP contribution in [0.2, 0.25) is 0 Å². The first-order valence-electron chi connectivity index (χ1n) is 31.2. The van der Waals surface area contributed by atoms with E-state index in [0.29, 0.717) is 12.8 Å². The molecule has 69 heavy (non-hydrogen) atoms. The maximum atomic E-state index is 12.6. The monoisotopic (exact) mass is 974 g/mol. The number of nitrogens with one attached hydrogen (secondary N) is 1. The SMILES string of the molecule is CCCCCCCCCCCCCC/C=C\CCCCCCCCCCCCCCCCC(O)C(=O)NC(CO)C(O)C(O)CCC/C=C/CCCCCCCCCCCCCCCCCCCC. The van der Waals surface area contributed by atoms with E-state index in [1.807, 2.05) is 0 Å². The Kier molecular flexibility index (Phi) is 56.7. The van der Waals surface area contributed by atoms with Gasteiger partial charge in [-0.15, -0.1) is 0 Å². The van der Waals surface area contributed by atoms with Crippen molar-refractivity contribution in [2.75, 3.05) is 6.61 Å². The lowest BCUT2D eigenvalue weighted by atomic mass is 10.00. The summed E-state index contributed by atoms with van der Waals surface area (Å²) in [6.07, 6.45) is 71.3. The Morgan fingerprint density at radius 1 is 0.348 bits per heavy atom.